The van der Waals surface area contributed by atoms with Crippen molar-refractivity contribution in [1.29, 1.82) is 0 Å². The van der Waals surface area contributed by atoms with Crippen molar-refractivity contribution in [1.82, 2.24) is 9.80 Å². The zero-order valence-electron chi connectivity index (χ0n) is 17.5. The van der Waals surface area contributed by atoms with Crippen molar-refractivity contribution in [2.45, 2.75) is 58.3 Å². The Balaban J connectivity index is 1.98. The van der Waals surface area contributed by atoms with E-state index in [0.29, 0.717) is 11.8 Å². The fraction of sp³-hybridized carbons (Fsp3) is 0.696. The van der Waals surface area contributed by atoms with Gasteiger partial charge in [-0.15, -0.1) is 0 Å². The number of hydrogen-bond donors (Lipinski definition) is 1. The molecular weight excluding hydrogens is 336 g/mol. The van der Waals surface area contributed by atoms with Crippen molar-refractivity contribution in [3.8, 4) is 0 Å². The van der Waals surface area contributed by atoms with E-state index in [1.165, 1.54) is 24.0 Å². The van der Waals surface area contributed by atoms with Crippen LogP contribution in [0.2, 0.25) is 0 Å². The Bertz CT molecular complexity index is 558. The summed E-state index contributed by atoms with van der Waals surface area (Å²) in [7, 11) is 2.19. The van der Waals surface area contributed by atoms with Gasteiger partial charge in [-0.3, -0.25) is 4.79 Å². The van der Waals surface area contributed by atoms with Crippen molar-refractivity contribution in [2.75, 3.05) is 39.8 Å². The maximum atomic E-state index is 12.0. The lowest BCUT2D eigenvalue weighted by Gasteiger charge is -2.32. The molecule has 1 heterocycles. The summed E-state index contributed by atoms with van der Waals surface area (Å²) in [6.07, 6.45) is 6.72. The maximum absolute atomic E-state index is 12.0. The van der Waals surface area contributed by atoms with E-state index >= 15 is 0 Å². The van der Waals surface area contributed by atoms with Crippen LogP contribution >= 0.6 is 0 Å². The highest BCUT2D eigenvalue weighted by atomic mass is 16.3. The smallest absolute Gasteiger partial charge is 0.248 e. The predicted octanol–water partition coefficient (Wildman–Crippen LogP) is 3.69. The summed E-state index contributed by atoms with van der Waals surface area (Å²) < 4.78 is 0. The third-order valence-corrected chi connectivity index (χ3v) is 6.05. The zero-order chi connectivity index (χ0) is 19.6. The van der Waals surface area contributed by atoms with E-state index in [1.54, 1.807) is 0 Å². The summed E-state index contributed by atoms with van der Waals surface area (Å²) in [6, 6.07) is 9.14. The van der Waals surface area contributed by atoms with Crippen LogP contribution in [0.5, 0.6) is 0 Å². The number of hydrogen-bond acceptors (Lipinski definition) is 3. The molecule has 152 valence electrons. The summed E-state index contributed by atoms with van der Waals surface area (Å²) in [5.41, 5.74) is 2.80. The van der Waals surface area contributed by atoms with Gasteiger partial charge in [0.15, 0.2) is 0 Å². The average Bonchev–Trinajstić information content (AvgIpc) is 2.67. The first kappa shape index (κ1) is 21.9. The minimum absolute atomic E-state index is 0.124. The molecule has 0 spiro atoms. The van der Waals surface area contributed by atoms with Crippen molar-refractivity contribution in [3.05, 3.63) is 35.4 Å². The van der Waals surface area contributed by atoms with E-state index in [2.05, 4.69) is 50.1 Å². The minimum Gasteiger partial charge on any atom is -0.387 e. The van der Waals surface area contributed by atoms with Gasteiger partial charge in [-0.2, -0.15) is 0 Å². The number of aliphatic hydroxyl groups is 1. The van der Waals surface area contributed by atoms with Crippen LogP contribution in [0.3, 0.4) is 0 Å². The Hall–Kier alpha value is -1.39. The summed E-state index contributed by atoms with van der Waals surface area (Å²) in [6.45, 7) is 7.86. The number of likely N-dealkylation sites (N-methyl/N-ethyl adjacent to an activating group) is 1. The molecule has 1 aromatic rings. The molecule has 1 aliphatic rings. The topological polar surface area (TPSA) is 43.8 Å². The summed E-state index contributed by atoms with van der Waals surface area (Å²) in [5.74, 6) is 0.919. The third kappa shape index (κ3) is 6.93. The Morgan fingerprint density at radius 2 is 1.89 bits per heavy atom. The molecular formula is C23H38N2O2. The maximum Gasteiger partial charge on any atom is 0.248 e. The molecule has 1 saturated heterocycles. The van der Waals surface area contributed by atoms with Crippen LogP contribution in [0.1, 0.15) is 63.0 Å². The van der Waals surface area contributed by atoms with Crippen molar-refractivity contribution < 1.29 is 9.90 Å². The molecule has 4 heteroatoms. The zero-order valence-corrected chi connectivity index (χ0v) is 17.5. The molecule has 1 N–H and O–H groups in total. The number of carbonyl (C=O) groups excluding carboxylic acids is 1. The number of amides is 1. The summed E-state index contributed by atoms with van der Waals surface area (Å²) in [5, 5.41) is 9.25. The highest BCUT2D eigenvalue weighted by Gasteiger charge is 2.24. The van der Waals surface area contributed by atoms with E-state index in [1.807, 2.05) is 4.90 Å². The van der Waals surface area contributed by atoms with Gasteiger partial charge >= 0.3 is 0 Å². The standard InChI is InChI=1S/C23H38N2O2/c1-4-14-24(3)15-12-20-7-10-21(11-8-20)22-9-6-19(5-2)17-25(16-13-22)23(27)18-26/h7-8,10-11,19,22,26H,4-6,9,12-18H2,1-3H3. The number of likely N-dealkylation sites (tertiary alicyclic amines) is 1. The third-order valence-electron chi connectivity index (χ3n) is 6.05. The highest BCUT2D eigenvalue weighted by molar-refractivity contribution is 5.77. The lowest BCUT2D eigenvalue weighted by molar-refractivity contribution is -0.135. The number of rotatable bonds is 8. The molecule has 0 aromatic heterocycles. The molecule has 2 unspecified atom stereocenters. The average molecular weight is 375 g/mol. The molecule has 1 aromatic carbocycles. The van der Waals surface area contributed by atoms with Gasteiger partial charge in [-0.05, 0) is 68.7 Å². The van der Waals surface area contributed by atoms with Crippen LogP contribution < -0.4 is 0 Å². The van der Waals surface area contributed by atoms with Gasteiger partial charge in [0.1, 0.15) is 6.61 Å². The van der Waals surface area contributed by atoms with E-state index in [9.17, 15) is 9.90 Å². The molecule has 0 radical (unpaired) electrons. The van der Waals surface area contributed by atoms with Crippen LogP contribution in [0, 0.1) is 5.92 Å². The molecule has 1 fully saturated rings. The molecule has 0 bridgehead atoms. The largest absolute Gasteiger partial charge is 0.387 e. The molecule has 27 heavy (non-hydrogen) atoms. The second-order valence-corrected chi connectivity index (χ2v) is 8.13. The normalized spacial score (nSPS) is 21.1. The summed E-state index contributed by atoms with van der Waals surface area (Å²) in [4.78, 5) is 16.3. The fourth-order valence-electron chi connectivity index (χ4n) is 4.15. The number of nitrogens with zero attached hydrogens (tertiary/aromatic N) is 2. The van der Waals surface area contributed by atoms with Crippen LogP contribution in [-0.4, -0.2) is 60.6 Å². The van der Waals surface area contributed by atoms with Crippen LogP contribution in [0.25, 0.3) is 0 Å². The van der Waals surface area contributed by atoms with Gasteiger partial charge in [0, 0.05) is 19.6 Å². The van der Waals surface area contributed by atoms with E-state index < -0.39 is 0 Å². The number of carbonyl (C=O) groups is 1. The van der Waals surface area contributed by atoms with Crippen LogP contribution in [-0.2, 0) is 11.2 Å². The summed E-state index contributed by atoms with van der Waals surface area (Å²) >= 11 is 0. The molecule has 1 amide bonds. The lowest BCUT2D eigenvalue weighted by Crippen LogP contribution is -2.39. The second-order valence-electron chi connectivity index (χ2n) is 8.13. The Morgan fingerprint density at radius 1 is 1.15 bits per heavy atom. The first-order valence-electron chi connectivity index (χ1n) is 10.7. The number of aliphatic hydroxyl groups excluding tert-OH is 1. The Morgan fingerprint density at radius 3 is 2.52 bits per heavy atom. The van der Waals surface area contributed by atoms with Gasteiger partial charge in [-0.1, -0.05) is 44.5 Å². The number of benzene rings is 1. The Labute approximate surface area is 165 Å². The molecule has 1 aliphatic heterocycles. The highest BCUT2D eigenvalue weighted by Crippen LogP contribution is 2.31. The Kier molecular flexibility index (Phi) is 9.29. The molecule has 2 atom stereocenters. The fourth-order valence-corrected chi connectivity index (χ4v) is 4.15. The minimum atomic E-state index is -0.373. The van der Waals surface area contributed by atoms with E-state index in [-0.39, 0.29) is 12.5 Å². The predicted molar refractivity (Wildman–Crippen MR) is 112 cm³/mol. The van der Waals surface area contributed by atoms with Crippen LogP contribution in [0.4, 0.5) is 0 Å². The van der Waals surface area contributed by atoms with Crippen molar-refractivity contribution in [3.63, 3.8) is 0 Å². The van der Waals surface area contributed by atoms with E-state index in [4.69, 9.17) is 0 Å². The van der Waals surface area contributed by atoms with Crippen molar-refractivity contribution in [2.24, 2.45) is 5.92 Å². The van der Waals surface area contributed by atoms with E-state index in [0.717, 1.165) is 51.9 Å². The molecule has 4 nitrogen and oxygen atoms in total. The first-order valence-corrected chi connectivity index (χ1v) is 10.7. The lowest BCUT2D eigenvalue weighted by atomic mass is 9.85. The van der Waals surface area contributed by atoms with Gasteiger partial charge < -0.3 is 14.9 Å². The van der Waals surface area contributed by atoms with Gasteiger partial charge in [-0.25, -0.2) is 0 Å². The van der Waals surface area contributed by atoms with Crippen molar-refractivity contribution >= 4 is 5.91 Å². The second kappa shape index (κ2) is 11.5. The SMILES string of the molecule is CCCN(C)CCc1ccc(C2CCC(CC)CN(C(=O)CO)CC2)cc1. The van der Waals surface area contributed by atoms with Gasteiger partial charge in [0.25, 0.3) is 0 Å². The quantitative estimate of drug-likeness (QED) is 0.755. The first-order chi connectivity index (χ1) is 13.1. The van der Waals surface area contributed by atoms with Crippen LogP contribution in [0.15, 0.2) is 24.3 Å². The molecule has 2 rings (SSSR count). The molecule has 0 saturated carbocycles. The monoisotopic (exact) mass is 374 g/mol. The van der Waals surface area contributed by atoms with Gasteiger partial charge in [0.05, 0.1) is 0 Å². The van der Waals surface area contributed by atoms with Gasteiger partial charge in [0.2, 0.25) is 5.91 Å². The molecule has 0 aliphatic carbocycles.